The van der Waals surface area contributed by atoms with Crippen molar-refractivity contribution in [1.82, 2.24) is 9.80 Å². The Morgan fingerprint density at radius 2 is 1.54 bits per heavy atom. The van der Waals surface area contributed by atoms with Crippen molar-refractivity contribution in [3.05, 3.63) is 59.7 Å². The number of ketones is 1. The highest BCUT2D eigenvalue weighted by atomic mass is 19.4. The van der Waals surface area contributed by atoms with Gasteiger partial charge in [0.2, 0.25) is 11.8 Å². The summed E-state index contributed by atoms with van der Waals surface area (Å²) in [5.74, 6) is -4.96. The van der Waals surface area contributed by atoms with Gasteiger partial charge in [-0.25, -0.2) is 4.79 Å². The summed E-state index contributed by atoms with van der Waals surface area (Å²) in [5.41, 5.74) is 2.44. The molecule has 3 fully saturated rings. The van der Waals surface area contributed by atoms with E-state index in [0.717, 1.165) is 23.1 Å². The molecule has 0 saturated carbocycles. The predicted molar refractivity (Wildman–Crippen MR) is 138 cm³/mol. The second-order valence-corrected chi connectivity index (χ2v) is 10.1. The number of aliphatic carboxylic acids is 1. The number of carbonyl (C=O) groups excluding carboxylic acids is 4. The Kier molecular flexibility index (Phi) is 8.08. The van der Waals surface area contributed by atoms with Gasteiger partial charge in [0.15, 0.2) is 5.78 Å². The number of carboxylic acids is 1. The van der Waals surface area contributed by atoms with Gasteiger partial charge in [0.25, 0.3) is 0 Å². The lowest BCUT2D eigenvalue weighted by Crippen LogP contribution is -2.54. The van der Waals surface area contributed by atoms with Crippen molar-refractivity contribution < 1.29 is 47.0 Å². The zero-order valence-electron chi connectivity index (χ0n) is 22.6. The van der Waals surface area contributed by atoms with Gasteiger partial charge in [-0.2, -0.15) is 13.2 Å². The molecule has 0 radical (unpaired) electrons. The number of hydrogen-bond acceptors (Lipinski definition) is 7. The standard InChI is InChI=1S/C27H28N2O5.C2HF3O2/c1-4-28-24(31)21-22(25(28)32)27(26(33)34-3)14-5-15-29(27)23(21)20-12-10-19(11-13-20)18-8-6-17(7-9-18)16(2)30;3-2(4,5)1(6)7/h6-13,21-23H,4-5,14-15H2,1-3H3;(H,6,7)/t21-,22-,23+,27-;/m0./s1. The number of nitrogens with zero attached hydrogens (tertiary/aromatic N) is 2. The van der Waals surface area contributed by atoms with Crippen molar-refractivity contribution in [3.63, 3.8) is 0 Å². The number of benzene rings is 2. The van der Waals surface area contributed by atoms with E-state index >= 15 is 0 Å². The Morgan fingerprint density at radius 3 is 2.00 bits per heavy atom. The summed E-state index contributed by atoms with van der Waals surface area (Å²) >= 11 is 0. The first-order valence-corrected chi connectivity index (χ1v) is 13.0. The van der Waals surface area contributed by atoms with Gasteiger partial charge in [0.05, 0.1) is 18.9 Å². The van der Waals surface area contributed by atoms with Crippen LogP contribution < -0.4 is 0 Å². The van der Waals surface area contributed by atoms with Crippen LogP contribution in [0, 0.1) is 11.8 Å². The number of amides is 2. The van der Waals surface area contributed by atoms with E-state index in [1.807, 2.05) is 53.4 Å². The molecule has 0 aromatic heterocycles. The molecule has 12 heteroatoms. The number of methoxy groups -OCH3 is 1. The monoisotopic (exact) mass is 574 g/mol. The number of alkyl halides is 3. The van der Waals surface area contributed by atoms with E-state index in [1.54, 1.807) is 13.8 Å². The molecule has 5 rings (SSSR count). The third kappa shape index (κ3) is 5.01. The molecular formula is C29H29F3N2O7. The highest BCUT2D eigenvalue weighted by Crippen LogP contribution is 2.59. The quantitative estimate of drug-likeness (QED) is 0.325. The number of carboxylic acid groups (broad SMARTS) is 1. The van der Waals surface area contributed by atoms with Crippen LogP contribution in [-0.4, -0.2) is 76.4 Å². The van der Waals surface area contributed by atoms with Crippen molar-refractivity contribution in [1.29, 1.82) is 0 Å². The third-order valence-corrected chi connectivity index (χ3v) is 8.08. The van der Waals surface area contributed by atoms with E-state index in [-0.39, 0.29) is 23.6 Å². The Bertz CT molecular complexity index is 1370. The number of carbonyl (C=O) groups is 5. The van der Waals surface area contributed by atoms with Crippen LogP contribution in [0.3, 0.4) is 0 Å². The van der Waals surface area contributed by atoms with E-state index in [4.69, 9.17) is 14.6 Å². The Morgan fingerprint density at radius 1 is 1.00 bits per heavy atom. The number of hydrogen-bond donors (Lipinski definition) is 1. The van der Waals surface area contributed by atoms with Gasteiger partial charge in [0.1, 0.15) is 5.54 Å². The fraction of sp³-hybridized carbons (Fsp3) is 0.414. The highest BCUT2D eigenvalue weighted by Gasteiger charge is 2.73. The summed E-state index contributed by atoms with van der Waals surface area (Å²) < 4.78 is 36.9. The van der Waals surface area contributed by atoms with Crippen LogP contribution in [0.5, 0.6) is 0 Å². The van der Waals surface area contributed by atoms with E-state index in [2.05, 4.69) is 0 Å². The predicted octanol–water partition coefficient (Wildman–Crippen LogP) is 3.87. The average molecular weight is 575 g/mol. The fourth-order valence-electron chi connectivity index (χ4n) is 6.34. The summed E-state index contributed by atoms with van der Waals surface area (Å²) in [7, 11) is 1.35. The van der Waals surface area contributed by atoms with Crippen LogP contribution in [0.15, 0.2) is 48.5 Å². The van der Waals surface area contributed by atoms with E-state index in [0.29, 0.717) is 25.1 Å². The fourth-order valence-corrected chi connectivity index (χ4v) is 6.34. The molecule has 218 valence electrons. The number of rotatable bonds is 5. The van der Waals surface area contributed by atoms with Crippen LogP contribution in [0.4, 0.5) is 13.2 Å². The number of likely N-dealkylation sites (tertiary alicyclic amines) is 1. The molecule has 3 heterocycles. The summed E-state index contributed by atoms with van der Waals surface area (Å²) in [6, 6.07) is 15.0. The Hall–Kier alpha value is -4.06. The van der Waals surface area contributed by atoms with Crippen molar-refractivity contribution >= 4 is 29.5 Å². The van der Waals surface area contributed by atoms with E-state index in [1.165, 1.54) is 12.0 Å². The number of ether oxygens (including phenoxy) is 1. The second-order valence-electron chi connectivity index (χ2n) is 10.1. The smallest absolute Gasteiger partial charge is 0.475 e. The minimum absolute atomic E-state index is 0.0225. The first-order valence-electron chi connectivity index (χ1n) is 13.0. The van der Waals surface area contributed by atoms with Gasteiger partial charge in [-0.15, -0.1) is 0 Å². The Balaban J connectivity index is 0.000000493. The van der Waals surface area contributed by atoms with Crippen molar-refractivity contribution in [2.24, 2.45) is 11.8 Å². The maximum absolute atomic E-state index is 13.4. The maximum Gasteiger partial charge on any atom is 0.490 e. The highest BCUT2D eigenvalue weighted by molar-refractivity contribution is 6.09. The largest absolute Gasteiger partial charge is 0.490 e. The summed E-state index contributed by atoms with van der Waals surface area (Å²) in [5, 5.41) is 7.12. The molecule has 2 aromatic carbocycles. The first-order chi connectivity index (χ1) is 19.3. The zero-order chi connectivity index (χ0) is 30.3. The lowest BCUT2D eigenvalue weighted by atomic mass is 9.77. The van der Waals surface area contributed by atoms with Crippen molar-refractivity contribution in [2.45, 2.75) is 44.4 Å². The SMILES string of the molecule is CCN1C(=O)[C@@H]2[C@@H](c3ccc(-c4ccc(C(C)=O)cc4)cc3)N3CCC[C@@]3(C(=O)OC)[C@@H]2C1=O.O=C(O)C(F)(F)F. The van der Waals surface area contributed by atoms with Gasteiger partial charge < -0.3 is 9.84 Å². The topological polar surface area (TPSA) is 121 Å². The summed E-state index contributed by atoms with van der Waals surface area (Å²) in [6.45, 7) is 4.26. The molecule has 3 aliphatic rings. The van der Waals surface area contributed by atoms with Gasteiger partial charge in [-0.3, -0.25) is 29.0 Å². The Labute approximate surface area is 233 Å². The van der Waals surface area contributed by atoms with Crippen LogP contribution in [0.1, 0.15) is 48.7 Å². The summed E-state index contributed by atoms with van der Waals surface area (Å²) in [6.07, 6.45) is -3.81. The molecule has 3 aliphatic heterocycles. The molecule has 0 unspecified atom stereocenters. The van der Waals surface area contributed by atoms with Crippen LogP contribution in [-0.2, 0) is 23.9 Å². The number of imide groups is 1. The molecule has 4 atom stereocenters. The third-order valence-electron chi connectivity index (χ3n) is 8.08. The van der Waals surface area contributed by atoms with Gasteiger partial charge in [-0.1, -0.05) is 48.5 Å². The van der Waals surface area contributed by atoms with Crippen LogP contribution in [0.2, 0.25) is 0 Å². The first kappa shape index (κ1) is 29.9. The lowest BCUT2D eigenvalue weighted by molar-refractivity contribution is -0.192. The molecule has 2 amide bonds. The van der Waals surface area contributed by atoms with Crippen molar-refractivity contribution in [2.75, 3.05) is 20.2 Å². The zero-order valence-corrected chi connectivity index (χ0v) is 22.6. The number of Topliss-reactive ketones (excluding diaryl/α,β-unsaturated/α-hetero) is 1. The molecule has 41 heavy (non-hydrogen) atoms. The normalized spacial score (nSPS) is 25.3. The molecule has 0 bridgehead atoms. The number of halogens is 3. The van der Waals surface area contributed by atoms with Crippen molar-refractivity contribution in [3.8, 4) is 11.1 Å². The van der Waals surface area contributed by atoms with Gasteiger partial charge in [0, 0.05) is 18.2 Å². The number of fused-ring (bicyclic) bond motifs is 3. The molecular weight excluding hydrogens is 545 g/mol. The minimum Gasteiger partial charge on any atom is -0.475 e. The number of esters is 1. The molecule has 9 nitrogen and oxygen atoms in total. The molecule has 0 aliphatic carbocycles. The molecule has 1 N–H and O–H groups in total. The van der Waals surface area contributed by atoms with E-state index < -0.39 is 35.5 Å². The lowest BCUT2D eigenvalue weighted by Gasteiger charge is -2.36. The molecule has 0 spiro atoms. The van der Waals surface area contributed by atoms with Gasteiger partial charge in [-0.05, 0) is 49.9 Å². The summed E-state index contributed by atoms with van der Waals surface area (Å²) in [4.78, 5) is 63.6. The molecule has 2 aromatic rings. The second kappa shape index (κ2) is 11.1. The van der Waals surface area contributed by atoms with Crippen LogP contribution in [0.25, 0.3) is 11.1 Å². The maximum atomic E-state index is 13.4. The van der Waals surface area contributed by atoms with Crippen LogP contribution >= 0.6 is 0 Å². The van der Waals surface area contributed by atoms with E-state index in [9.17, 15) is 32.3 Å². The van der Waals surface area contributed by atoms with Gasteiger partial charge >= 0.3 is 18.1 Å². The molecule has 3 saturated heterocycles. The average Bonchev–Trinajstić information content (AvgIpc) is 3.56. The minimum atomic E-state index is -5.08.